The molecule has 0 saturated heterocycles. The Kier molecular flexibility index (Phi) is 2.88. The van der Waals surface area contributed by atoms with Crippen LogP contribution in [0.2, 0.25) is 0 Å². The molecule has 0 fully saturated rings. The van der Waals surface area contributed by atoms with Gasteiger partial charge in [-0.1, -0.05) is 12.1 Å². The Hall–Kier alpha value is -2.80. The van der Waals surface area contributed by atoms with Gasteiger partial charge in [-0.25, -0.2) is 8.78 Å². The van der Waals surface area contributed by atoms with Gasteiger partial charge in [0, 0.05) is 17.1 Å². The van der Waals surface area contributed by atoms with Crippen molar-refractivity contribution in [3.8, 4) is 17.2 Å². The number of halogens is 2. The number of aromatic nitrogens is 1. The fraction of sp³-hybridized carbons (Fsp3) is 0. The summed E-state index contributed by atoms with van der Waals surface area (Å²) in [5.41, 5.74) is 1.64. The number of nitrogens with zero attached hydrogens (tertiary/aromatic N) is 2. The molecule has 0 aliphatic heterocycles. The van der Waals surface area contributed by atoms with E-state index in [4.69, 9.17) is 5.26 Å². The van der Waals surface area contributed by atoms with Crippen molar-refractivity contribution in [3.63, 3.8) is 0 Å². The molecule has 0 bridgehead atoms. The molecule has 0 N–H and O–H groups in total. The van der Waals surface area contributed by atoms with Crippen LogP contribution in [0.5, 0.6) is 0 Å². The molecule has 20 heavy (non-hydrogen) atoms. The Labute approximate surface area is 113 Å². The van der Waals surface area contributed by atoms with E-state index in [9.17, 15) is 8.78 Å². The van der Waals surface area contributed by atoms with E-state index in [-0.39, 0.29) is 5.56 Å². The summed E-state index contributed by atoms with van der Waals surface area (Å²) in [6.07, 6.45) is 1.61. The van der Waals surface area contributed by atoms with E-state index in [0.29, 0.717) is 22.0 Å². The summed E-state index contributed by atoms with van der Waals surface area (Å²) in [5, 5.41) is 9.54. The van der Waals surface area contributed by atoms with Crippen LogP contribution in [-0.4, -0.2) is 4.98 Å². The van der Waals surface area contributed by atoms with Gasteiger partial charge in [0.2, 0.25) is 0 Å². The van der Waals surface area contributed by atoms with Crippen molar-refractivity contribution < 1.29 is 8.78 Å². The first-order chi connectivity index (χ1) is 9.69. The fourth-order valence-electron chi connectivity index (χ4n) is 2.15. The van der Waals surface area contributed by atoms with Crippen LogP contribution in [0.3, 0.4) is 0 Å². The third-order valence-corrected chi connectivity index (χ3v) is 3.07. The van der Waals surface area contributed by atoms with Crippen LogP contribution in [0.1, 0.15) is 5.56 Å². The molecular formula is C16H8F2N2. The lowest BCUT2D eigenvalue weighted by molar-refractivity contribution is 0.624. The molecule has 3 rings (SSSR count). The normalized spacial score (nSPS) is 10.4. The lowest BCUT2D eigenvalue weighted by Crippen LogP contribution is -1.90. The number of hydrogen-bond acceptors (Lipinski definition) is 2. The van der Waals surface area contributed by atoms with Crippen molar-refractivity contribution in [1.29, 1.82) is 5.26 Å². The zero-order valence-electron chi connectivity index (χ0n) is 10.3. The number of rotatable bonds is 1. The summed E-state index contributed by atoms with van der Waals surface area (Å²) >= 11 is 0. The van der Waals surface area contributed by atoms with E-state index in [2.05, 4.69) is 4.98 Å². The Balaban J connectivity index is 2.32. The van der Waals surface area contributed by atoms with Gasteiger partial charge in [0.05, 0.1) is 11.1 Å². The summed E-state index contributed by atoms with van der Waals surface area (Å²) in [7, 11) is 0. The molecule has 0 radical (unpaired) electrons. The van der Waals surface area contributed by atoms with Gasteiger partial charge in [0.25, 0.3) is 0 Å². The highest BCUT2D eigenvalue weighted by atomic mass is 19.1. The minimum atomic E-state index is -0.593. The maximum Gasteiger partial charge on any atom is 0.140 e. The van der Waals surface area contributed by atoms with Crippen molar-refractivity contribution in [2.24, 2.45) is 0 Å². The summed E-state index contributed by atoms with van der Waals surface area (Å²) < 4.78 is 27.0. The second-order valence-electron chi connectivity index (χ2n) is 4.33. The zero-order valence-corrected chi connectivity index (χ0v) is 10.3. The SMILES string of the molecule is N#Cc1cc(-c2cc(F)cc3cccnc23)ccc1F. The number of nitriles is 1. The standard InChI is InChI=1S/C16H8F2N2/c17-13-7-11-2-1-5-20-16(11)14(8-13)10-3-4-15(18)12(6-10)9-19/h1-8H. The first kappa shape index (κ1) is 12.2. The van der Waals surface area contributed by atoms with E-state index in [1.54, 1.807) is 24.4 Å². The smallest absolute Gasteiger partial charge is 0.140 e. The quantitative estimate of drug-likeness (QED) is 0.666. The minimum absolute atomic E-state index is 0.0733. The van der Waals surface area contributed by atoms with Gasteiger partial charge >= 0.3 is 0 Å². The molecule has 3 aromatic rings. The van der Waals surface area contributed by atoms with E-state index >= 15 is 0 Å². The van der Waals surface area contributed by atoms with Crippen LogP contribution in [0.15, 0.2) is 48.7 Å². The van der Waals surface area contributed by atoms with Gasteiger partial charge in [-0.2, -0.15) is 5.26 Å². The molecule has 0 aliphatic carbocycles. The Bertz CT molecular complexity index is 851. The second-order valence-corrected chi connectivity index (χ2v) is 4.33. The molecule has 1 heterocycles. The number of pyridine rings is 1. The van der Waals surface area contributed by atoms with Gasteiger partial charge in [0.1, 0.15) is 17.7 Å². The lowest BCUT2D eigenvalue weighted by atomic mass is 10.00. The topological polar surface area (TPSA) is 36.7 Å². The first-order valence-electron chi connectivity index (χ1n) is 5.93. The Morgan fingerprint density at radius 1 is 1.05 bits per heavy atom. The molecule has 1 aromatic heterocycles. The van der Waals surface area contributed by atoms with Crippen LogP contribution in [0, 0.1) is 23.0 Å². The summed E-state index contributed by atoms with van der Waals surface area (Å²) in [6, 6.07) is 12.1. The van der Waals surface area contributed by atoms with Gasteiger partial charge < -0.3 is 0 Å². The molecular weight excluding hydrogens is 258 g/mol. The molecule has 0 atom stereocenters. The van der Waals surface area contributed by atoms with E-state index in [1.165, 1.54) is 30.3 Å². The molecule has 2 aromatic carbocycles. The van der Waals surface area contributed by atoms with Crippen molar-refractivity contribution in [3.05, 3.63) is 65.9 Å². The third kappa shape index (κ3) is 1.99. The van der Waals surface area contributed by atoms with Crippen LogP contribution < -0.4 is 0 Å². The highest BCUT2D eigenvalue weighted by Gasteiger charge is 2.10. The Morgan fingerprint density at radius 3 is 2.70 bits per heavy atom. The predicted octanol–water partition coefficient (Wildman–Crippen LogP) is 4.05. The predicted molar refractivity (Wildman–Crippen MR) is 71.8 cm³/mol. The van der Waals surface area contributed by atoms with E-state index < -0.39 is 11.6 Å². The van der Waals surface area contributed by atoms with Crippen molar-refractivity contribution in [1.82, 2.24) is 4.98 Å². The molecule has 0 aliphatic rings. The molecule has 2 nitrogen and oxygen atoms in total. The maximum absolute atomic E-state index is 13.7. The summed E-state index contributed by atoms with van der Waals surface area (Å²) in [6.45, 7) is 0. The molecule has 0 amide bonds. The molecule has 4 heteroatoms. The van der Waals surface area contributed by atoms with Crippen molar-refractivity contribution in [2.45, 2.75) is 0 Å². The van der Waals surface area contributed by atoms with Crippen LogP contribution in [0.25, 0.3) is 22.0 Å². The molecule has 0 spiro atoms. The second kappa shape index (κ2) is 4.71. The minimum Gasteiger partial charge on any atom is -0.256 e. The van der Waals surface area contributed by atoms with E-state index in [0.717, 1.165) is 0 Å². The van der Waals surface area contributed by atoms with Crippen LogP contribution in [-0.2, 0) is 0 Å². The van der Waals surface area contributed by atoms with Gasteiger partial charge in [-0.3, -0.25) is 4.98 Å². The first-order valence-corrected chi connectivity index (χ1v) is 5.93. The van der Waals surface area contributed by atoms with Gasteiger partial charge in [-0.15, -0.1) is 0 Å². The largest absolute Gasteiger partial charge is 0.256 e. The lowest BCUT2D eigenvalue weighted by Gasteiger charge is -2.07. The average Bonchev–Trinajstić information content (AvgIpc) is 2.47. The van der Waals surface area contributed by atoms with E-state index in [1.807, 2.05) is 0 Å². The molecule has 96 valence electrons. The third-order valence-electron chi connectivity index (χ3n) is 3.07. The van der Waals surface area contributed by atoms with Crippen molar-refractivity contribution >= 4 is 10.9 Å². The maximum atomic E-state index is 13.7. The monoisotopic (exact) mass is 266 g/mol. The summed E-state index contributed by atoms with van der Waals surface area (Å²) in [4.78, 5) is 4.23. The average molecular weight is 266 g/mol. The van der Waals surface area contributed by atoms with Crippen LogP contribution >= 0.6 is 0 Å². The summed E-state index contributed by atoms with van der Waals surface area (Å²) in [5.74, 6) is -0.992. The fourth-order valence-corrected chi connectivity index (χ4v) is 2.15. The van der Waals surface area contributed by atoms with Gasteiger partial charge in [0.15, 0.2) is 0 Å². The number of hydrogen-bond donors (Lipinski definition) is 0. The zero-order chi connectivity index (χ0) is 14.1. The van der Waals surface area contributed by atoms with Crippen LogP contribution in [0.4, 0.5) is 8.78 Å². The highest BCUT2D eigenvalue weighted by Crippen LogP contribution is 2.29. The van der Waals surface area contributed by atoms with Gasteiger partial charge in [-0.05, 0) is 35.9 Å². The highest BCUT2D eigenvalue weighted by molar-refractivity contribution is 5.93. The van der Waals surface area contributed by atoms with Crippen molar-refractivity contribution in [2.75, 3.05) is 0 Å². The molecule has 0 saturated carbocycles. The Morgan fingerprint density at radius 2 is 1.90 bits per heavy atom. The molecule has 0 unspecified atom stereocenters. The number of benzene rings is 2. The number of fused-ring (bicyclic) bond motifs is 1.